The fraction of sp³-hybridized carbons (Fsp3) is 0.286. The van der Waals surface area contributed by atoms with Crippen molar-refractivity contribution in [2.45, 2.75) is 20.1 Å². The average Bonchev–Trinajstić information content (AvgIpc) is 2.45. The third-order valence-electron chi connectivity index (χ3n) is 2.57. The minimum Gasteiger partial charge on any atom is -0.472 e. The van der Waals surface area contributed by atoms with Crippen LogP contribution in [-0.2, 0) is 13.2 Å². The molecule has 0 atom stereocenters. The lowest BCUT2D eigenvalue weighted by molar-refractivity contribution is 0.291. The van der Waals surface area contributed by atoms with Crippen LogP contribution in [0, 0.1) is 0 Å². The number of benzene rings is 1. The lowest BCUT2D eigenvalue weighted by Gasteiger charge is -2.07. The van der Waals surface area contributed by atoms with Gasteiger partial charge in [-0.2, -0.15) is 0 Å². The minimum absolute atomic E-state index is 0.475. The van der Waals surface area contributed by atoms with Gasteiger partial charge in [0.1, 0.15) is 6.61 Å². The number of ether oxygens (including phenoxy) is 1. The molecule has 1 aromatic heterocycles. The summed E-state index contributed by atoms with van der Waals surface area (Å²) >= 11 is 3.49. The fourth-order valence-electron chi connectivity index (χ4n) is 1.53. The molecule has 1 aromatic carbocycles. The average molecular weight is 322 g/mol. The van der Waals surface area contributed by atoms with Gasteiger partial charge in [-0.05, 0) is 12.6 Å². The fourth-order valence-corrected chi connectivity index (χ4v) is 1.93. The maximum absolute atomic E-state index is 5.61. The Kier molecular flexibility index (Phi) is 5.30. The van der Waals surface area contributed by atoms with E-state index in [1.165, 1.54) is 0 Å². The van der Waals surface area contributed by atoms with E-state index in [0.29, 0.717) is 12.5 Å². The molecule has 0 aliphatic heterocycles. The van der Waals surface area contributed by atoms with Gasteiger partial charge < -0.3 is 10.1 Å². The molecule has 0 bridgehead atoms. The second-order valence-corrected chi connectivity index (χ2v) is 4.86. The van der Waals surface area contributed by atoms with Crippen molar-refractivity contribution in [2.75, 3.05) is 6.54 Å². The molecule has 0 radical (unpaired) electrons. The van der Waals surface area contributed by atoms with Crippen LogP contribution in [0.25, 0.3) is 0 Å². The summed E-state index contributed by atoms with van der Waals surface area (Å²) < 4.78 is 6.64. The monoisotopic (exact) mass is 321 g/mol. The molecule has 2 rings (SSSR count). The molecule has 0 saturated heterocycles. The highest BCUT2D eigenvalue weighted by atomic mass is 79.9. The summed E-state index contributed by atoms with van der Waals surface area (Å²) in [5.74, 6) is 0.538. The van der Waals surface area contributed by atoms with Crippen LogP contribution in [-0.4, -0.2) is 16.5 Å². The largest absolute Gasteiger partial charge is 0.472 e. The maximum Gasteiger partial charge on any atom is 0.232 e. The summed E-state index contributed by atoms with van der Waals surface area (Å²) in [5.41, 5.74) is 2.00. The highest BCUT2D eigenvalue weighted by Crippen LogP contribution is 2.17. The van der Waals surface area contributed by atoms with Crippen LogP contribution in [0.15, 0.2) is 41.1 Å². The van der Waals surface area contributed by atoms with E-state index in [9.17, 15) is 0 Å². The van der Waals surface area contributed by atoms with E-state index in [1.54, 1.807) is 12.4 Å². The molecular weight excluding hydrogens is 306 g/mol. The topological polar surface area (TPSA) is 47.0 Å². The Bertz CT molecular complexity index is 516. The maximum atomic E-state index is 5.61. The Morgan fingerprint density at radius 1 is 1.21 bits per heavy atom. The Hall–Kier alpha value is -1.46. The summed E-state index contributed by atoms with van der Waals surface area (Å²) in [6.45, 7) is 4.18. The third kappa shape index (κ3) is 4.29. The first-order chi connectivity index (χ1) is 9.29. The van der Waals surface area contributed by atoms with Gasteiger partial charge in [0.15, 0.2) is 0 Å². The van der Waals surface area contributed by atoms with E-state index in [0.717, 1.165) is 28.8 Å². The van der Waals surface area contributed by atoms with Crippen molar-refractivity contribution in [1.82, 2.24) is 15.3 Å². The van der Waals surface area contributed by atoms with Crippen LogP contribution >= 0.6 is 15.9 Å². The van der Waals surface area contributed by atoms with E-state index < -0.39 is 0 Å². The number of rotatable bonds is 6. The van der Waals surface area contributed by atoms with Gasteiger partial charge in [0.25, 0.3) is 0 Å². The first kappa shape index (κ1) is 14.0. The van der Waals surface area contributed by atoms with Gasteiger partial charge in [0, 0.05) is 16.6 Å². The highest BCUT2D eigenvalue weighted by Gasteiger charge is 2.02. The zero-order chi connectivity index (χ0) is 13.5. The summed E-state index contributed by atoms with van der Waals surface area (Å²) in [6.07, 6.45) is 3.39. The number of hydrogen-bond acceptors (Lipinski definition) is 4. The van der Waals surface area contributed by atoms with Crippen molar-refractivity contribution in [3.63, 3.8) is 0 Å². The van der Waals surface area contributed by atoms with Gasteiger partial charge in [-0.1, -0.05) is 41.1 Å². The summed E-state index contributed by atoms with van der Waals surface area (Å²) in [4.78, 5) is 8.53. The molecule has 1 heterocycles. The van der Waals surface area contributed by atoms with Gasteiger partial charge >= 0.3 is 0 Å². The number of halogens is 1. The molecule has 0 aliphatic carbocycles. The number of aromatic nitrogens is 2. The Morgan fingerprint density at radius 3 is 2.74 bits per heavy atom. The molecule has 0 fully saturated rings. The van der Waals surface area contributed by atoms with Crippen molar-refractivity contribution < 1.29 is 4.74 Å². The van der Waals surface area contributed by atoms with Crippen molar-refractivity contribution in [3.05, 3.63) is 52.4 Å². The Balaban J connectivity index is 1.91. The van der Waals surface area contributed by atoms with Crippen LogP contribution < -0.4 is 10.1 Å². The molecule has 0 amide bonds. The minimum atomic E-state index is 0.475. The molecule has 4 nitrogen and oxygen atoms in total. The van der Waals surface area contributed by atoms with E-state index in [-0.39, 0.29) is 0 Å². The third-order valence-corrected chi connectivity index (χ3v) is 3.34. The van der Waals surface area contributed by atoms with Gasteiger partial charge in [-0.25, -0.2) is 4.98 Å². The molecule has 100 valence electrons. The smallest absolute Gasteiger partial charge is 0.232 e. The van der Waals surface area contributed by atoms with Crippen LogP contribution in [0.1, 0.15) is 18.2 Å². The van der Waals surface area contributed by atoms with Crippen molar-refractivity contribution in [1.29, 1.82) is 0 Å². The zero-order valence-electron chi connectivity index (χ0n) is 10.8. The molecule has 2 aromatic rings. The van der Waals surface area contributed by atoms with Crippen LogP contribution in [0.4, 0.5) is 0 Å². The molecule has 1 N–H and O–H groups in total. The van der Waals surface area contributed by atoms with E-state index in [1.807, 2.05) is 24.3 Å². The molecule has 0 spiro atoms. The molecule has 0 saturated carbocycles. The molecule has 19 heavy (non-hydrogen) atoms. The standard InChI is InChI=1S/C14H16BrN3O/c1-2-16-7-12-8-18-14(9-17-12)19-10-11-5-3-4-6-13(11)15/h3-6,8-9,16H,2,7,10H2,1H3. The van der Waals surface area contributed by atoms with Gasteiger partial charge in [-0.3, -0.25) is 4.98 Å². The normalized spacial score (nSPS) is 10.4. The molecule has 5 heteroatoms. The first-order valence-corrected chi connectivity index (χ1v) is 6.96. The second-order valence-electron chi connectivity index (χ2n) is 4.01. The molecule has 0 unspecified atom stereocenters. The number of nitrogens with zero attached hydrogens (tertiary/aromatic N) is 2. The van der Waals surface area contributed by atoms with E-state index >= 15 is 0 Å². The predicted molar refractivity (Wildman–Crippen MR) is 77.9 cm³/mol. The van der Waals surface area contributed by atoms with Gasteiger partial charge in [0.2, 0.25) is 5.88 Å². The van der Waals surface area contributed by atoms with E-state index in [2.05, 4.69) is 38.1 Å². The van der Waals surface area contributed by atoms with Gasteiger partial charge in [-0.15, -0.1) is 0 Å². The van der Waals surface area contributed by atoms with E-state index in [4.69, 9.17) is 4.74 Å². The number of nitrogens with one attached hydrogen (secondary N) is 1. The molecule has 0 aliphatic rings. The van der Waals surface area contributed by atoms with Crippen LogP contribution in [0.5, 0.6) is 5.88 Å². The SMILES string of the molecule is CCNCc1cnc(OCc2ccccc2Br)cn1. The zero-order valence-corrected chi connectivity index (χ0v) is 12.4. The second kappa shape index (κ2) is 7.21. The van der Waals surface area contributed by atoms with Crippen molar-refractivity contribution in [3.8, 4) is 5.88 Å². The lowest BCUT2D eigenvalue weighted by atomic mass is 10.2. The van der Waals surface area contributed by atoms with Crippen molar-refractivity contribution >= 4 is 15.9 Å². The molecular formula is C14H16BrN3O. The Morgan fingerprint density at radius 2 is 2.05 bits per heavy atom. The van der Waals surface area contributed by atoms with Crippen LogP contribution in [0.3, 0.4) is 0 Å². The number of hydrogen-bond donors (Lipinski definition) is 1. The first-order valence-electron chi connectivity index (χ1n) is 6.17. The van der Waals surface area contributed by atoms with Gasteiger partial charge in [0.05, 0.1) is 18.1 Å². The Labute approximate surface area is 121 Å². The summed E-state index contributed by atoms with van der Waals surface area (Å²) in [7, 11) is 0. The van der Waals surface area contributed by atoms with Crippen molar-refractivity contribution in [2.24, 2.45) is 0 Å². The van der Waals surface area contributed by atoms with Crippen LogP contribution in [0.2, 0.25) is 0 Å². The summed E-state index contributed by atoms with van der Waals surface area (Å²) in [6, 6.07) is 7.96. The lowest BCUT2D eigenvalue weighted by Crippen LogP contribution is -2.13. The predicted octanol–water partition coefficient (Wildman–Crippen LogP) is 2.93. The summed E-state index contributed by atoms with van der Waals surface area (Å²) in [5, 5.41) is 3.20. The highest BCUT2D eigenvalue weighted by molar-refractivity contribution is 9.10. The quantitative estimate of drug-likeness (QED) is 0.888.